The van der Waals surface area contributed by atoms with E-state index >= 15 is 0 Å². The third kappa shape index (κ3) is 6.20. The van der Waals surface area contributed by atoms with Crippen molar-refractivity contribution in [2.24, 2.45) is 0 Å². The van der Waals surface area contributed by atoms with Gasteiger partial charge >= 0.3 is 0 Å². The monoisotopic (exact) mass is 543 g/mol. The molecule has 0 fully saturated rings. The first-order valence-corrected chi connectivity index (χ1v) is 13.7. The van der Waals surface area contributed by atoms with E-state index in [4.69, 9.17) is 4.74 Å². The summed E-state index contributed by atoms with van der Waals surface area (Å²) in [5.41, 5.74) is 2.51. The number of ether oxygens (including phenoxy) is 1. The largest absolute Gasteiger partial charge is 0.437 e. The van der Waals surface area contributed by atoms with E-state index in [0.717, 1.165) is 29.7 Å². The molecule has 0 aliphatic rings. The van der Waals surface area contributed by atoms with Crippen molar-refractivity contribution in [1.82, 2.24) is 19.8 Å². The van der Waals surface area contributed by atoms with E-state index in [0.29, 0.717) is 11.3 Å². The average molecular weight is 544 g/mol. The van der Waals surface area contributed by atoms with E-state index < -0.39 is 37.5 Å². The first-order chi connectivity index (χ1) is 17.7. The van der Waals surface area contributed by atoms with E-state index in [1.54, 1.807) is 20.8 Å². The maximum absolute atomic E-state index is 13.1. The quantitative estimate of drug-likeness (QED) is 0.278. The summed E-state index contributed by atoms with van der Waals surface area (Å²) in [5, 5.41) is 18.9. The van der Waals surface area contributed by atoms with Crippen molar-refractivity contribution < 1.29 is 22.9 Å². The second-order valence-corrected chi connectivity index (χ2v) is 11.2. The van der Waals surface area contributed by atoms with Crippen LogP contribution in [0.2, 0.25) is 0 Å². The van der Waals surface area contributed by atoms with Crippen molar-refractivity contribution in [3.05, 3.63) is 68.9 Å². The topological polar surface area (TPSA) is 145 Å². The number of sulfonamides is 1. The lowest BCUT2D eigenvalue weighted by Gasteiger charge is -2.16. The molecule has 1 amide bonds. The third-order valence-electron chi connectivity index (χ3n) is 5.89. The van der Waals surface area contributed by atoms with Gasteiger partial charge in [-0.1, -0.05) is 19.1 Å². The molecule has 0 aliphatic carbocycles. The summed E-state index contributed by atoms with van der Waals surface area (Å²) in [4.78, 5) is 23.4. The Bertz CT molecular complexity index is 1480. The number of rotatable bonds is 10. The van der Waals surface area contributed by atoms with Crippen LogP contribution in [0.5, 0.6) is 11.6 Å². The Morgan fingerprint density at radius 1 is 1.13 bits per heavy atom. The van der Waals surface area contributed by atoms with Crippen molar-refractivity contribution in [2.45, 2.75) is 71.9 Å². The van der Waals surface area contributed by atoms with Gasteiger partial charge in [-0.05, 0) is 71.2 Å². The van der Waals surface area contributed by atoms with Crippen LogP contribution in [0.15, 0.2) is 41.3 Å². The number of nitrogens with one attached hydrogen (secondary N) is 2. The minimum absolute atomic E-state index is 0.0920. The van der Waals surface area contributed by atoms with E-state index in [9.17, 15) is 23.3 Å². The van der Waals surface area contributed by atoms with Gasteiger partial charge in [-0.25, -0.2) is 13.1 Å². The number of nitro groups is 1. The first kappa shape index (κ1) is 28.8. The summed E-state index contributed by atoms with van der Waals surface area (Å²) in [6.07, 6.45) is 0.721. The molecule has 3 rings (SSSR count). The van der Waals surface area contributed by atoms with Crippen LogP contribution in [0.1, 0.15) is 61.3 Å². The van der Waals surface area contributed by atoms with Gasteiger partial charge in [0.1, 0.15) is 10.6 Å². The van der Waals surface area contributed by atoms with E-state index in [-0.39, 0.29) is 23.4 Å². The zero-order valence-electron chi connectivity index (χ0n) is 22.5. The van der Waals surface area contributed by atoms with Crippen LogP contribution in [-0.2, 0) is 10.0 Å². The van der Waals surface area contributed by atoms with Crippen molar-refractivity contribution in [1.29, 1.82) is 0 Å². The molecule has 1 heterocycles. The summed E-state index contributed by atoms with van der Waals surface area (Å²) in [7, 11) is -4.19. The number of hydrogen-bond donors (Lipinski definition) is 2. The Balaban J connectivity index is 2.25. The number of benzene rings is 2. The molecule has 0 spiro atoms. The van der Waals surface area contributed by atoms with Gasteiger partial charge < -0.3 is 10.1 Å². The van der Waals surface area contributed by atoms with Gasteiger partial charge in [0.25, 0.3) is 11.6 Å². The lowest BCUT2D eigenvalue weighted by Crippen LogP contribution is -2.32. The second-order valence-electron chi connectivity index (χ2n) is 9.53. The molecule has 1 atom stereocenters. The highest BCUT2D eigenvalue weighted by Crippen LogP contribution is 2.36. The Morgan fingerprint density at radius 2 is 1.82 bits per heavy atom. The molecule has 0 saturated carbocycles. The Morgan fingerprint density at radius 3 is 2.42 bits per heavy atom. The molecule has 3 aromatic rings. The van der Waals surface area contributed by atoms with Crippen LogP contribution in [0.25, 0.3) is 5.69 Å². The molecule has 0 saturated heterocycles. The fourth-order valence-electron chi connectivity index (χ4n) is 3.70. The van der Waals surface area contributed by atoms with Gasteiger partial charge in [0.15, 0.2) is 5.69 Å². The number of nitrogens with zero attached hydrogens (tertiary/aromatic N) is 3. The van der Waals surface area contributed by atoms with Crippen LogP contribution < -0.4 is 14.8 Å². The number of aromatic nitrogens is 2. The Hall–Kier alpha value is -3.77. The van der Waals surface area contributed by atoms with Gasteiger partial charge in [-0.15, -0.1) is 0 Å². The Kier molecular flexibility index (Phi) is 8.58. The molecular weight excluding hydrogens is 510 g/mol. The fourth-order valence-corrected chi connectivity index (χ4v) is 5.10. The van der Waals surface area contributed by atoms with Crippen LogP contribution >= 0.6 is 0 Å². The Labute approximate surface area is 222 Å². The van der Waals surface area contributed by atoms with Crippen molar-refractivity contribution in [3.8, 4) is 17.3 Å². The lowest BCUT2D eigenvalue weighted by molar-refractivity contribution is -0.385. The number of aryl methyl sites for hydroxylation is 2. The molecule has 11 nitrogen and oxygen atoms in total. The second kappa shape index (κ2) is 11.3. The zero-order chi connectivity index (χ0) is 28.4. The average Bonchev–Trinajstić information content (AvgIpc) is 3.15. The molecule has 2 N–H and O–H groups in total. The first-order valence-electron chi connectivity index (χ1n) is 12.2. The molecule has 0 unspecified atom stereocenters. The highest BCUT2D eigenvalue weighted by atomic mass is 32.2. The standard InChI is InChI=1S/C26H33N5O6S/c1-8-18(6)27-25(32)24-19(7)26(30(28-24)21-13-16(4)9-10-17(21)5)37-22-12-11-20(31(33)34)14-23(22)38(35,36)29-15(2)3/h9-15,18,29H,8H2,1-7H3,(H,27,32)/t18-/m1/s1. The molecule has 38 heavy (non-hydrogen) atoms. The molecule has 2 aromatic carbocycles. The smallest absolute Gasteiger partial charge is 0.272 e. The predicted molar refractivity (Wildman–Crippen MR) is 144 cm³/mol. The number of amides is 1. The third-order valence-corrected chi connectivity index (χ3v) is 7.57. The summed E-state index contributed by atoms with van der Waals surface area (Å²) >= 11 is 0. The minimum atomic E-state index is -4.19. The highest BCUT2D eigenvalue weighted by molar-refractivity contribution is 7.89. The number of carbonyl (C=O) groups excluding carboxylic acids is 1. The van der Waals surface area contributed by atoms with Crippen molar-refractivity contribution in [2.75, 3.05) is 0 Å². The van der Waals surface area contributed by atoms with Crippen LogP contribution in [-0.4, -0.2) is 41.1 Å². The fraction of sp³-hybridized carbons (Fsp3) is 0.385. The summed E-state index contributed by atoms with van der Waals surface area (Å²) in [6.45, 7) is 12.5. The van der Waals surface area contributed by atoms with Gasteiger partial charge in [-0.2, -0.15) is 9.78 Å². The highest BCUT2D eigenvalue weighted by Gasteiger charge is 2.28. The maximum Gasteiger partial charge on any atom is 0.272 e. The van der Waals surface area contributed by atoms with Crippen LogP contribution in [0.4, 0.5) is 5.69 Å². The number of carbonyl (C=O) groups is 1. The SMILES string of the molecule is CC[C@@H](C)NC(=O)c1nn(-c2cc(C)ccc2C)c(Oc2ccc([N+](=O)[O-])cc2S(=O)(=O)NC(C)C)c1C. The molecular formula is C26H33N5O6S. The summed E-state index contributed by atoms with van der Waals surface area (Å²) in [6, 6.07) is 8.49. The summed E-state index contributed by atoms with van der Waals surface area (Å²) in [5.74, 6) is -0.432. The van der Waals surface area contributed by atoms with E-state index in [1.165, 1.54) is 10.7 Å². The maximum atomic E-state index is 13.1. The number of non-ortho nitro benzene ring substituents is 1. The van der Waals surface area contributed by atoms with Gasteiger partial charge in [0.05, 0.1) is 10.6 Å². The van der Waals surface area contributed by atoms with Crippen LogP contribution in [0.3, 0.4) is 0 Å². The zero-order valence-corrected chi connectivity index (χ0v) is 23.3. The van der Waals surface area contributed by atoms with Crippen molar-refractivity contribution in [3.63, 3.8) is 0 Å². The molecule has 1 aromatic heterocycles. The lowest BCUT2D eigenvalue weighted by atomic mass is 10.1. The van der Waals surface area contributed by atoms with Gasteiger partial charge in [-0.3, -0.25) is 14.9 Å². The molecule has 12 heteroatoms. The minimum Gasteiger partial charge on any atom is -0.437 e. The molecule has 0 bridgehead atoms. The van der Waals surface area contributed by atoms with E-state index in [2.05, 4.69) is 15.1 Å². The van der Waals surface area contributed by atoms with E-state index in [1.807, 2.05) is 45.9 Å². The van der Waals surface area contributed by atoms with Crippen molar-refractivity contribution >= 4 is 21.6 Å². The molecule has 0 aliphatic heterocycles. The molecule has 204 valence electrons. The predicted octanol–water partition coefficient (Wildman–Crippen LogP) is 4.71. The summed E-state index contributed by atoms with van der Waals surface area (Å²) < 4.78 is 36.3. The van der Waals surface area contributed by atoms with Gasteiger partial charge in [0.2, 0.25) is 15.9 Å². The molecule has 0 radical (unpaired) electrons. The van der Waals surface area contributed by atoms with Gasteiger partial charge in [0, 0.05) is 29.8 Å². The number of nitro benzene ring substituents is 1. The van der Waals surface area contributed by atoms with Crippen LogP contribution in [0, 0.1) is 30.9 Å². The normalized spacial score (nSPS) is 12.4. The number of hydrogen-bond acceptors (Lipinski definition) is 7.